The fourth-order valence-electron chi connectivity index (χ4n) is 7.51. The van der Waals surface area contributed by atoms with Gasteiger partial charge in [-0.3, -0.25) is 14.1 Å². The van der Waals surface area contributed by atoms with Gasteiger partial charge in [-0.1, -0.05) is 54.1 Å². The highest BCUT2D eigenvalue weighted by Gasteiger charge is 2.36. The van der Waals surface area contributed by atoms with Gasteiger partial charge in [0.2, 0.25) is 11.1 Å². The van der Waals surface area contributed by atoms with Gasteiger partial charge in [0.1, 0.15) is 11.5 Å². The molecule has 60 heavy (non-hydrogen) atoms. The number of hydroxylamine groups is 4. The van der Waals surface area contributed by atoms with E-state index < -0.39 is 44.9 Å². The number of nitrogens with zero attached hydrogens (tertiary/aromatic N) is 3. The molecule has 1 N–H and O–H groups in total. The number of piperidine rings is 1. The number of anilines is 2. The Morgan fingerprint density at radius 1 is 0.833 bits per heavy atom. The number of carbonyl (C=O) groups is 3. The molecule has 0 saturated carbocycles. The summed E-state index contributed by atoms with van der Waals surface area (Å²) < 4.78 is 59.8. The Morgan fingerprint density at radius 3 is 2.18 bits per heavy atom. The van der Waals surface area contributed by atoms with Crippen molar-refractivity contribution in [3.05, 3.63) is 142 Å². The predicted octanol–water partition coefficient (Wildman–Crippen LogP) is 5.85. The van der Waals surface area contributed by atoms with Crippen LogP contribution in [0, 0.1) is 12.8 Å². The van der Waals surface area contributed by atoms with Gasteiger partial charge in [0, 0.05) is 72.3 Å². The number of aryl methyl sites for hydroxylation is 1. The molecule has 0 bridgehead atoms. The Hall–Kier alpha value is -5.97. The summed E-state index contributed by atoms with van der Waals surface area (Å²) in [5.74, 6) is -1.16. The second-order valence-corrected chi connectivity index (χ2v) is 17.4. The number of amides is 2. The highest BCUT2D eigenvalue weighted by atomic mass is 32.2. The van der Waals surface area contributed by atoms with Crippen LogP contribution in [0.15, 0.2) is 119 Å². The zero-order valence-electron chi connectivity index (χ0n) is 33.0. The lowest BCUT2D eigenvalue weighted by Gasteiger charge is -2.29. The van der Waals surface area contributed by atoms with Crippen LogP contribution in [-0.2, 0) is 44.7 Å². The molecule has 0 spiro atoms. The number of benzene rings is 5. The van der Waals surface area contributed by atoms with Crippen molar-refractivity contribution < 1.29 is 45.4 Å². The summed E-state index contributed by atoms with van der Waals surface area (Å²) in [6.45, 7) is 4.48. The first-order chi connectivity index (χ1) is 28.7. The van der Waals surface area contributed by atoms with Gasteiger partial charge in [-0.15, -0.1) is 5.06 Å². The van der Waals surface area contributed by atoms with E-state index in [2.05, 4.69) is 29.2 Å². The normalized spacial score (nSPS) is 16.8. The third kappa shape index (κ3) is 8.27. The second-order valence-electron chi connectivity index (χ2n) is 14.9. The number of rotatable bonds is 10. The maximum absolute atomic E-state index is 14.2. The van der Waals surface area contributed by atoms with Gasteiger partial charge in [-0.05, 0) is 97.6 Å². The van der Waals surface area contributed by atoms with E-state index in [0.29, 0.717) is 39.9 Å². The third-order valence-electron chi connectivity index (χ3n) is 11.0. The Labute approximate surface area is 349 Å². The van der Waals surface area contributed by atoms with Gasteiger partial charge in [-0.2, -0.15) is 17.8 Å². The van der Waals surface area contributed by atoms with Gasteiger partial charge in [0.25, 0.3) is 21.9 Å². The molecule has 5 aromatic rings. The van der Waals surface area contributed by atoms with Crippen molar-refractivity contribution in [3.8, 4) is 11.5 Å². The predicted molar refractivity (Wildman–Crippen MR) is 223 cm³/mol. The summed E-state index contributed by atoms with van der Waals surface area (Å²) >= 11 is -1.99. The molecule has 5 aromatic carbocycles. The minimum absolute atomic E-state index is 0.0135. The first kappa shape index (κ1) is 40.8. The summed E-state index contributed by atoms with van der Waals surface area (Å²) in [6.07, 6.45) is 0.650. The van der Waals surface area contributed by atoms with Crippen molar-refractivity contribution in [1.29, 1.82) is 0 Å². The molecular weight excluding hydrogens is 807 g/mol. The van der Waals surface area contributed by atoms with E-state index >= 15 is 0 Å². The number of hydrogen-bond acceptors (Lipinski definition) is 11. The summed E-state index contributed by atoms with van der Waals surface area (Å²) in [7, 11) is -2.37. The van der Waals surface area contributed by atoms with E-state index in [4.69, 9.17) is 13.9 Å². The van der Waals surface area contributed by atoms with Crippen molar-refractivity contribution in [2.45, 2.75) is 49.3 Å². The van der Waals surface area contributed by atoms with Gasteiger partial charge in [-0.25, -0.2) is 9.00 Å². The average molecular weight is 848 g/mol. The molecule has 3 aliphatic heterocycles. The summed E-state index contributed by atoms with van der Waals surface area (Å²) in [5, 5.41) is 3.67. The van der Waals surface area contributed by atoms with Crippen LogP contribution >= 0.6 is 0 Å². The van der Waals surface area contributed by atoms with Crippen molar-refractivity contribution in [3.63, 3.8) is 0 Å². The van der Waals surface area contributed by atoms with Crippen LogP contribution in [0.25, 0.3) is 11.1 Å². The third-order valence-corrected chi connectivity index (χ3v) is 12.9. The second kappa shape index (κ2) is 16.6. The molecule has 0 aliphatic carbocycles. The maximum Gasteiger partial charge on any atom is 0.336 e. The van der Waals surface area contributed by atoms with Crippen LogP contribution in [0.3, 0.4) is 0 Å². The lowest BCUT2D eigenvalue weighted by Crippen LogP contribution is -2.40. The van der Waals surface area contributed by atoms with Crippen molar-refractivity contribution in [1.82, 2.24) is 10.1 Å². The standard InChI is InChI=1S/C45H41N3O10S2/c1-28-8-13-33(14-9-28)46(3)34-15-19-37-40(27-34)56-39-26-32(29(2)30-10-16-35(17-11-30)60(53,54)55)12-18-36(39)44(37)38-6-4-5-7-41(38)59(52)58-47-24-22-31(23-25-47)45(51)57-48-42(49)20-21-43(48)50/h4-19,26-27,31H,20-25H2,1-3H3,(H,53,54,55)/b32-29+. The average Bonchev–Trinajstić information content (AvgIpc) is 3.57. The van der Waals surface area contributed by atoms with Crippen molar-refractivity contribution in [2.24, 2.45) is 5.92 Å². The molecular formula is C45H41N3O10S2. The Morgan fingerprint density at radius 2 is 1.50 bits per heavy atom. The fraction of sp³-hybridized carbons (Fsp3) is 0.222. The SMILES string of the molecule is C/C(c1ccc(S(=O)(=O)O)cc1)=c1/ccc2c(c1)Oc1cc(N(C)c3ccc(C)cc3)ccc1C=2c1ccccc1S(=O)ON1CCC(C(=O)ON2C(=O)CCC2=O)CC1. The van der Waals surface area contributed by atoms with Crippen LogP contribution in [0.5, 0.6) is 11.5 Å². The molecule has 15 heteroatoms. The monoisotopic (exact) mass is 847 g/mol. The largest absolute Gasteiger partial charge is 0.456 e. The lowest BCUT2D eigenvalue weighted by atomic mass is 9.92. The lowest BCUT2D eigenvalue weighted by molar-refractivity contribution is -0.202. The number of fused-ring (bicyclic) bond motifs is 2. The van der Waals surface area contributed by atoms with Crippen molar-refractivity contribution >= 4 is 61.5 Å². The van der Waals surface area contributed by atoms with Gasteiger partial charge in [0.15, 0.2) is 0 Å². The molecule has 0 radical (unpaired) electrons. The summed E-state index contributed by atoms with van der Waals surface area (Å²) in [5.41, 5.74) is 6.82. The zero-order chi connectivity index (χ0) is 42.3. The highest BCUT2D eigenvalue weighted by molar-refractivity contribution is 7.85. The number of hydrogen-bond donors (Lipinski definition) is 1. The number of ether oxygens (including phenoxy) is 1. The molecule has 0 aromatic heterocycles. The molecule has 13 nitrogen and oxygen atoms in total. The fourth-order valence-corrected chi connectivity index (χ4v) is 8.95. The molecule has 3 aliphatic rings. The first-order valence-electron chi connectivity index (χ1n) is 19.3. The number of carbonyl (C=O) groups excluding carboxylic acids is 3. The van der Waals surface area contributed by atoms with Crippen LogP contribution in [0.1, 0.15) is 54.9 Å². The van der Waals surface area contributed by atoms with Crippen LogP contribution in [0.4, 0.5) is 11.4 Å². The zero-order valence-corrected chi connectivity index (χ0v) is 34.6. The molecule has 8 rings (SSSR count). The van der Waals surface area contributed by atoms with Crippen LogP contribution < -0.4 is 20.1 Å². The molecule has 2 fully saturated rings. The van der Waals surface area contributed by atoms with E-state index in [1.54, 1.807) is 29.3 Å². The van der Waals surface area contributed by atoms with E-state index in [1.807, 2.05) is 69.4 Å². The van der Waals surface area contributed by atoms with E-state index in [1.165, 1.54) is 12.1 Å². The highest BCUT2D eigenvalue weighted by Crippen LogP contribution is 2.41. The summed E-state index contributed by atoms with van der Waals surface area (Å²) in [6, 6.07) is 33.3. The Balaban J connectivity index is 1.13. The Kier molecular flexibility index (Phi) is 11.3. The van der Waals surface area contributed by atoms with E-state index in [0.717, 1.165) is 49.6 Å². The van der Waals surface area contributed by atoms with Gasteiger partial charge in [0.05, 0.1) is 15.7 Å². The first-order valence-corrected chi connectivity index (χ1v) is 21.8. The molecule has 308 valence electrons. The minimum atomic E-state index is -4.35. The van der Waals surface area contributed by atoms with Gasteiger partial charge >= 0.3 is 5.97 Å². The quantitative estimate of drug-likeness (QED) is 0.130. The molecule has 1 unspecified atom stereocenters. The maximum atomic E-state index is 14.2. The molecule has 3 heterocycles. The van der Waals surface area contributed by atoms with Crippen LogP contribution in [-0.4, -0.2) is 65.2 Å². The topological polar surface area (TPSA) is 160 Å². The summed E-state index contributed by atoms with van der Waals surface area (Å²) in [4.78, 5) is 44.1. The number of imide groups is 1. The molecule has 1 atom stereocenters. The van der Waals surface area contributed by atoms with Crippen LogP contribution in [0.2, 0.25) is 0 Å². The molecule has 2 amide bonds. The van der Waals surface area contributed by atoms with Gasteiger partial charge < -0.3 is 14.5 Å². The Bertz CT molecular complexity index is 2790. The van der Waals surface area contributed by atoms with E-state index in [-0.39, 0.29) is 30.8 Å². The van der Waals surface area contributed by atoms with E-state index in [9.17, 15) is 31.6 Å². The van der Waals surface area contributed by atoms with Crippen molar-refractivity contribution in [2.75, 3.05) is 25.0 Å². The minimum Gasteiger partial charge on any atom is -0.456 e. The molecule has 2 saturated heterocycles. The smallest absolute Gasteiger partial charge is 0.336 e.